The van der Waals surface area contributed by atoms with Crippen LogP contribution in [-0.4, -0.2) is 18.8 Å². The zero-order chi connectivity index (χ0) is 12.7. The molecule has 0 radical (unpaired) electrons. The average Bonchev–Trinajstić information content (AvgIpc) is 2.33. The summed E-state index contributed by atoms with van der Waals surface area (Å²) in [5.41, 5.74) is 1.11. The smallest absolute Gasteiger partial charge is 0.0881 e. The van der Waals surface area contributed by atoms with Crippen LogP contribution in [-0.2, 0) is 4.74 Å². The van der Waals surface area contributed by atoms with Crippen LogP contribution in [0.1, 0.15) is 25.0 Å². The number of methoxy groups -OCH3 is 1. The first-order valence-corrected chi connectivity index (χ1v) is 6.12. The molecule has 2 nitrogen and oxygen atoms in total. The van der Waals surface area contributed by atoms with Crippen molar-refractivity contribution in [2.24, 2.45) is 5.92 Å². The first-order chi connectivity index (χ1) is 8.19. The molecular formula is C14H19ClO2. The van der Waals surface area contributed by atoms with Crippen molar-refractivity contribution in [2.45, 2.75) is 19.4 Å². The minimum absolute atomic E-state index is 0.0159. The van der Waals surface area contributed by atoms with Crippen molar-refractivity contribution < 1.29 is 9.84 Å². The van der Waals surface area contributed by atoms with E-state index in [4.69, 9.17) is 21.4 Å². The van der Waals surface area contributed by atoms with E-state index in [1.807, 2.05) is 30.3 Å². The van der Waals surface area contributed by atoms with Crippen molar-refractivity contribution in [1.82, 2.24) is 0 Å². The minimum atomic E-state index is 0.0159. The Labute approximate surface area is 108 Å². The number of ether oxygens (including phenoxy) is 1. The molecule has 3 heteroatoms. The highest BCUT2D eigenvalue weighted by molar-refractivity contribution is 6.30. The van der Waals surface area contributed by atoms with Gasteiger partial charge in [-0.3, -0.25) is 0 Å². The van der Waals surface area contributed by atoms with Crippen molar-refractivity contribution in [1.29, 1.82) is 0 Å². The Kier molecular flexibility index (Phi) is 6.27. The Bertz CT molecular complexity index is 346. The van der Waals surface area contributed by atoms with E-state index in [1.165, 1.54) is 0 Å². The summed E-state index contributed by atoms with van der Waals surface area (Å²) in [6.45, 7) is 2.28. The van der Waals surface area contributed by atoms with Gasteiger partial charge >= 0.3 is 0 Å². The molecule has 1 aromatic carbocycles. The van der Waals surface area contributed by atoms with Crippen LogP contribution in [0.15, 0.2) is 36.4 Å². The molecule has 0 aliphatic heterocycles. The normalized spacial score (nSPS) is 15.1. The summed E-state index contributed by atoms with van der Waals surface area (Å²) < 4.78 is 5.51. The highest BCUT2D eigenvalue weighted by atomic mass is 35.5. The molecule has 0 saturated carbocycles. The van der Waals surface area contributed by atoms with Gasteiger partial charge in [0.15, 0.2) is 0 Å². The number of aliphatic hydroxyl groups excluding tert-OH is 1. The summed E-state index contributed by atoms with van der Waals surface area (Å²) >= 11 is 5.86. The zero-order valence-electron chi connectivity index (χ0n) is 10.3. The van der Waals surface area contributed by atoms with Gasteiger partial charge in [0, 0.05) is 24.7 Å². The maximum absolute atomic E-state index is 8.73. The van der Waals surface area contributed by atoms with Crippen molar-refractivity contribution in [3.05, 3.63) is 47.0 Å². The molecule has 0 heterocycles. The third-order valence-corrected chi connectivity index (χ3v) is 2.92. The van der Waals surface area contributed by atoms with Crippen LogP contribution >= 0.6 is 11.6 Å². The molecule has 0 amide bonds. The summed E-state index contributed by atoms with van der Waals surface area (Å²) in [6.07, 6.45) is 4.75. The predicted octanol–water partition coefficient (Wildman–Crippen LogP) is 3.60. The highest BCUT2D eigenvalue weighted by Gasteiger charge is 2.16. The van der Waals surface area contributed by atoms with Crippen LogP contribution in [0.2, 0.25) is 5.02 Å². The molecule has 0 unspecified atom stereocenters. The van der Waals surface area contributed by atoms with Crippen LogP contribution in [0.5, 0.6) is 0 Å². The van der Waals surface area contributed by atoms with Crippen molar-refractivity contribution >= 4 is 11.6 Å². The van der Waals surface area contributed by atoms with E-state index < -0.39 is 0 Å². The maximum atomic E-state index is 8.73. The van der Waals surface area contributed by atoms with Crippen molar-refractivity contribution in [3.63, 3.8) is 0 Å². The Balaban J connectivity index is 2.73. The summed E-state index contributed by atoms with van der Waals surface area (Å²) in [6, 6.07) is 7.69. The molecule has 2 atom stereocenters. The summed E-state index contributed by atoms with van der Waals surface area (Å²) in [5, 5.41) is 9.45. The average molecular weight is 255 g/mol. The van der Waals surface area contributed by atoms with Gasteiger partial charge in [-0.1, -0.05) is 42.8 Å². The molecule has 1 N–H and O–H groups in total. The zero-order valence-corrected chi connectivity index (χ0v) is 11.0. The third-order valence-electron chi connectivity index (χ3n) is 2.67. The Hall–Kier alpha value is -0.830. The fourth-order valence-electron chi connectivity index (χ4n) is 1.79. The number of hydrogen-bond acceptors (Lipinski definition) is 2. The molecule has 0 aliphatic rings. The van der Waals surface area contributed by atoms with Crippen LogP contribution in [0, 0.1) is 5.92 Å². The lowest BCUT2D eigenvalue weighted by Crippen LogP contribution is -2.09. The van der Waals surface area contributed by atoms with Gasteiger partial charge in [-0.25, -0.2) is 0 Å². The first kappa shape index (κ1) is 14.2. The topological polar surface area (TPSA) is 29.5 Å². The SMILES string of the molecule is CO[C@H](c1ccc(Cl)cc1)[C@H](C)/C=C/CCO. The van der Waals surface area contributed by atoms with Gasteiger partial charge in [0.05, 0.1) is 6.10 Å². The predicted molar refractivity (Wildman–Crippen MR) is 71.2 cm³/mol. The molecule has 94 valence electrons. The van der Waals surface area contributed by atoms with Gasteiger partial charge in [0.2, 0.25) is 0 Å². The number of aliphatic hydroxyl groups is 1. The van der Waals surface area contributed by atoms with Gasteiger partial charge in [-0.15, -0.1) is 0 Å². The summed E-state index contributed by atoms with van der Waals surface area (Å²) in [7, 11) is 1.70. The molecule has 1 aromatic rings. The lowest BCUT2D eigenvalue weighted by Gasteiger charge is -2.20. The third kappa shape index (κ3) is 4.50. The standard InChI is InChI=1S/C14H19ClO2/c1-11(5-3-4-10-16)14(17-2)12-6-8-13(15)9-7-12/h3,5-9,11,14,16H,4,10H2,1-2H3/b5-3+/t11-,14+/m1/s1. The second-order valence-corrected chi connectivity index (χ2v) is 4.44. The fraction of sp³-hybridized carbons (Fsp3) is 0.429. The highest BCUT2D eigenvalue weighted by Crippen LogP contribution is 2.27. The van der Waals surface area contributed by atoms with E-state index in [1.54, 1.807) is 7.11 Å². The molecule has 0 saturated heterocycles. The van der Waals surface area contributed by atoms with E-state index in [-0.39, 0.29) is 18.6 Å². The number of hydrogen-bond donors (Lipinski definition) is 1. The first-order valence-electron chi connectivity index (χ1n) is 5.74. The van der Waals surface area contributed by atoms with Gasteiger partial charge < -0.3 is 9.84 Å². The molecule has 17 heavy (non-hydrogen) atoms. The summed E-state index contributed by atoms with van der Waals surface area (Å²) in [4.78, 5) is 0. The summed E-state index contributed by atoms with van der Waals surface area (Å²) in [5.74, 6) is 0.257. The quantitative estimate of drug-likeness (QED) is 0.786. The maximum Gasteiger partial charge on any atom is 0.0881 e. The van der Waals surface area contributed by atoms with Gasteiger partial charge in [0.1, 0.15) is 0 Å². The Morgan fingerprint density at radius 1 is 1.35 bits per heavy atom. The second kappa shape index (κ2) is 7.49. The van der Waals surface area contributed by atoms with Gasteiger partial charge in [-0.2, -0.15) is 0 Å². The van der Waals surface area contributed by atoms with E-state index in [2.05, 4.69) is 13.0 Å². The molecular weight excluding hydrogens is 236 g/mol. The van der Waals surface area contributed by atoms with E-state index >= 15 is 0 Å². The van der Waals surface area contributed by atoms with Crippen LogP contribution < -0.4 is 0 Å². The monoisotopic (exact) mass is 254 g/mol. The molecule has 0 fully saturated rings. The van der Waals surface area contributed by atoms with E-state index in [9.17, 15) is 0 Å². The number of benzene rings is 1. The van der Waals surface area contributed by atoms with E-state index in [0.717, 1.165) is 10.6 Å². The van der Waals surface area contributed by atoms with Crippen molar-refractivity contribution in [2.75, 3.05) is 13.7 Å². The Morgan fingerprint density at radius 3 is 2.53 bits per heavy atom. The van der Waals surface area contributed by atoms with Crippen LogP contribution in [0.25, 0.3) is 0 Å². The van der Waals surface area contributed by atoms with Gasteiger partial charge in [-0.05, 0) is 24.1 Å². The van der Waals surface area contributed by atoms with E-state index in [0.29, 0.717) is 6.42 Å². The number of halogens is 1. The lowest BCUT2D eigenvalue weighted by atomic mass is 9.96. The largest absolute Gasteiger partial charge is 0.396 e. The minimum Gasteiger partial charge on any atom is -0.396 e. The van der Waals surface area contributed by atoms with Crippen molar-refractivity contribution in [3.8, 4) is 0 Å². The van der Waals surface area contributed by atoms with Crippen LogP contribution in [0.3, 0.4) is 0 Å². The molecule has 0 spiro atoms. The molecule has 0 bridgehead atoms. The fourth-order valence-corrected chi connectivity index (χ4v) is 1.92. The lowest BCUT2D eigenvalue weighted by molar-refractivity contribution is 0.0740. The Morgan fingerprint density at radius 2 is 2.00 bits per heavy atom. The number of rotatable bonds is 6. The van der Waals surface area contributed by atoms with Crippen LogP contribution in [0.4, 0.5) is 0 Å². The van der Waals surface area contributed by atoms with Gasteiger partial charge in [0.25, 0.3) is 0 Å². The molecule has 0 aliphatic carbocycles. The second-order valence-electron chi connectivity index (χ2n) is 4.01. The molecule has 1 rings (SSSR count). The molecule has 0 aromatic heterocycles.